The van der Waals surface area contributed by atoms with Crippen LogP contribution in [0.3, 0.4) is 0 Å². The molecule has 0 bridgehead atoms. The van der Waals surface area contributed by atoms with Crippen LogP contribution in [0.1, 0.15) is 32.1 Å². The number of rotatable bonds is 5. The van der Waals surface area contributed by atoms with E-state index in [1.807, 2.05) is 25.1 Å². The molecule has 0 N–H and O–H groups in total. The Morgan fingerprint density at radius 2 is 2.03 bits per heavy atom. The second kappa shape index (κ2) is 7.67. The Kier molecular flexibility index (Phi) is 5.06. The summed E-state index contributed by atoms with van der Waals surface area (Å²) in [5, 5.41) is 3.97. The lowest BCUT2D eigenvalue weighted by Gasteiger charge is -2.18. The lowest BCUT2D eigenvalue weighted by atomic mass is 10.1. The zero-order valence-corrected chi connectivity index (χ0v) is 17.2. The van der Waals surface area contributed by atoms with Crippen LogP contribution in [0.4, 0.5) is 0 Å². The zero-order chi connectivity index (χ0) is 20.5. The first-order chi connectivity index (χ1) is 13.9. The van der Waals surface area contributed by atoms with Crippen molar-refractivity contribution in [1.29, 1.82) is 0 Å². The van der Waals surface area contributed by atoms with Gasteiger partial charge in [-0.15, -0.1) is 5.10 Å². The second-order valence-corrected chi connectivity index (χ2v) is 7.78. The highest BCUT2D eigenvalue weighted by Crippen LogP contribution is 2.32. The van der Waals surface area contributed by atoms with Gasteiger partial charge < -0.3 is 18.9 Å². The van der Waals surface area contributed by atoms with E-state index in [1.54, 1.807) is 26.2 Å². The van der Waals surface area contributed by atoms with Crippen molar-refractivity contribution in [3.05, 3.63) is 68.1 Å². The highest BCUT2D eigenvalue weighted by atomic mass is 32.1. The minimum Gasteiger partial charge on any atom is -0.454 e. The van der Waals surface area contributed by atoms with Crippen molar-refractivity contribution in [1.82, 2.24) is 19.1 Å². The van der Waals surface area contributed by atoms with E-state index < -0.39 is 0 Å². The van der Waals surface area contributed by atoms with Crippen molar-refractivity contribution >= 4 is 17.4 Å². The third kappa shape index (κ3) is 3.73. The molecule has 8 nitrogen and oxygen atoms in total. The summed E-state index contributed by atoms with van der Waals surface area (Å²) in [7, 11) is 1.68. The Morgan fingerprint density at radius 3 is 2.79 bits per heavy atom. The third-order valence-corrected chi connectivity index (χ3v) is 5.66. The van der Waals surface area contributed by atoms with Crippen molar-refractivity contribution in [2.45, 2.75) is 26.9 Å². The van der Waals surface area contributed by atoms with Crippen LogP contribution in [0, 0.1) is 13.8 Å². The van der Waals surface area contributed by atoms with Gasteiger partial charge in [-0.2, -0.15) is 0 Å². The molecule has 3 heterocycles. The van der Waals surface area contributed by atoms with Gasteiger partial charge in [0.15, 0.2) is 11.5 Å². The Morgan fingerprint density at radius 1 is 1.24 bits per heavy atom. The third-order valence-electron chi connectivity index (χ3n) is 4.85. The maximum Gasteiger partial charge on any atom is 0.263 e. The van der Waals surface area contributed by atoms with Crippen molar-refractivity contribution in [3.8, 4) is 11.5 Å². The standard InChI is InChI=1S/C20H20N4O4S/c1-12-6-7-24(9-14-4-5-15-16(8-14)28-11-27-15)20(26)18(12)19(25)23(3)10-17-13(2)21-22-29-17/h4-8H,9-11H2,1-3H3. The minimum absolute atomic E-state index is 0.172. The number of amides is 1. The Labute approximate surface area is 171 Å². The summed E-state index contributed by atoms with van der Waals surface area (Å²) in [6.45, 7) is 4.51. The molecule has 0 aliphatic carbocycles. The van der Waals surface area contributed by atoms with Crippen LogP contribution in [0.2, 0.25) is 0 Å². The van der Waals surface area contributed by atoms with Crippen molar-refractivity contribution in [2.24, 2.45) is 0 Å². The molecule has 1 amide bonds. The van der Waals surface area contributed by atoms with Gasteiger partial charge in [-0.1, -0.05) is 10.6 Å². The van der Waals surface area contributed by atoms with Crippen LogP contribution in [0.5, 0.6) is 11.5 Å². The molecule has 29 heavy (non-hydrogen) atoms. The van der Waals surface area contributed by atoms with Crippen LogP contribution >= 0.6 is 11.5 Å². The van der Waals surface area contributed by atoms with E-state index in [0.29, 0.717) is 30.2 Å². The highest BCUT2D eigenvalue weighted by Gasteiger charge is 2.21. The average Bonchev–Trinajstić information content (AvgIpc) is 3.32. The van der Waals surface area contributed by atoms with Gasteiger partial charge in [-0.05, 0) is 54.7 Å². The monoisotopic (exact) mass is 412 g/mol. The van der Waals surface area contributed by atoms with Crippen LogP contribution < -0.4 is 15.0 Å². The van der Waals surface area contributed by atoms with Gasteiger partial charge in [0.05, 0.1) is 23.7 Å². The molecule has 0 spiro atoms. The van der Waals surface area contributed by atoms with Crippen molar-refractivity contribution in [2.75, 3.05) is 13.8 Å². The number of ether oxygens (including phenoxy) is 2. The lowest BCUT2D eigenvalue weighted by molar-refractivity contribution is 0.0783. The topological polar surface area (TPSA) is 86.5 Å². The number of benzene rings is 1. The van der Waals surface area contributed by atoms with Gasteiger partial charge in [0.25, 0.3) is 11.5 Å². The largest absolute Gasteiger partial charge is 0.454 e. The fourth-order valence-corrected chi connectivity index (χ4v) is 3.85. The fourth-order valence-electron chi connectivity index (χ4n) is 3.16. The van der Waals surface area contributed by atoms with Crippen LogP contribution in [-0.2, 0) is 13.1 Å². The highest BCUT2D eigenvalue weighted by molar-refractivity contribution is 7.05. The van der Waals surface area contributed by atoms with Crippen molar-refractivity contribution < 1.29 is 14.3 Å². The predicted molar refractivity (Wildman–Crippen MR) is 108 cm³/mol. The number of carbonyl (C=O) groups is 1. The molecule has 0 unspecified atom stereocenters. The molecule has 0 radical (unpaired) electrons. The first-order valence-electron chi connectivity index (χ1n) is 9.06. The number of aromatic nitrogens is 3. The fraction of sp³-hybridized carbons (Fsp3) is 0.300. The van der Waals surface area contributed by atoms with E-state index in [9.17, 15) is 9.59 Å². The summed E-state index contributed by atoms with van der Waals surface area (Å²) in [5.41, 5.74) is 2.18. The molecule has 0 fully saturated rings. The summed E-state index contributed by atoms with van der Waals surface area (Å²) < 4.78 is 16.2. The smallest absolute Gasteiger partial charge is 0.263 e. The van der Waals surface area contributed by atoms with Gasteiger partial charge in [-0.25, -0.2) is 0 Å². The Balaban J connectivity index is 1.60. The molecule has 3 aromatic rings. The Bertz CT molecular complexity index is 1140. The summed E-state index contributed by atoms with van der Waals surface area (Å²) in [4.78, 5) is 28.5. The zero-order valence-electron chi connectivity index (χ0n) is 16.3. The number of nitrogens with zero attached hydrogens (tertiary/aromatic N) is 4. The first kappa shape index (κ1) is 19.1. The van der Waals surface area contributed by atoms with Crippen molar-refractivity contribution in [3.63, 3.8) is 0 Å². The molecule has 0 saturated heterocycles. The summed E-state index contributed by atoms with van der Waals surface area (Å²) in [5.74, 6) is 1.03. The van der Waals surface area contributed by atoms with Gasteiger partial charge in [0, 0.05) is 13.2 Å². The maximum atomic E-state index is 13.1. The molecule has 2 aromatic heterocycles. The van der Waals surface area contributed by atoms with E-state index in [2.05, 4.69) is 9.59 Å². The number of pyridine rings is 1. The van der Waals surface area contributed by atoms with Gasteiger partial charge >= 0.3 is 0 Å². The first-order valence-corrected chi connectivity index (χ1v) is 9.83. The van der Waals surface area contributed by atoms with Crippen LogP contribution in [0.25, 0.3) is 0 Å². The number of aryl methyl sites for hydroxylation is 2. The second-order valence-electron chi connectivity index (χ2n) is 6.94. The molecular weight excluding hydrogens is 392 g/mol. The molecule has 1 aliphatic rings. The molecule has 1 aliphatic heterocycles. The quantitative estimate of drug-likeness (QED) is 0.640. The Hall–Kier alpha value is -3.20. The van der Waals surface area contributed by atoms with E-state index in [4.69, 9.17) is 9.47 Å². The van der Waals surface area contributed by atoms with E-state index in [-0.39, 0.29) is 23.8 Å². The van der Waals surface area contributed by atoms with E-state index in [1.165, 1.54) is 21.0 Å². The van der Waals surface area contributed by atoms with E-state index in [0.717, 1.165) is 16.1 Å². The molecule has 9 heteroatoms. The summed E-state index contributed by atoms with van der Waals surface area (Å²) >= 11 is 1.25. The molecule has 0 saturated carbocycles. The SMILES string of the molecule is Cc1ccn(Cc2ccc3c(c2)OCO3)c(=O)c1C(=O)N(C)Cc1snnc1C. The van der Waals surface area contributed by atoms with Crippen LogP contribution in [0.15, 0.2) is 35.3 Å². The van der Waals surface area contributed by atoms with Gasteiger partial charge in [-0.3, -0.25) is 9.59 Å². The molecule has 150 valence electrons. The van der Waals surface area contributed by atoms with Gasteiger partial charge in [0.2, 0.25) is 6.79 Å². The number of fused-ring (bicyclic) bond motifs is 1. The summed E-state index contributed by atoms with van der Waals surface area (Å²) in [6, 6.07) is 7.34. The summed E-state index contributed by atoms with van der Waals surface area (Å²) in [6.07, 6.45) is 1.70. The molecule has 1 aromatic carbocycles. The maximum absolute atomic E-state index is 13.1. The molecular formula is C20H20N4O4S. The number of carbonyl (C=O) groups excluding carboxylic acids is 1. The average molecular weight is 412 g/mol. The molecule has 4 rings (SSSR count). The number of hydrogen-bond donors (Lipinski definition) is 0. The van der Waals surface area contributed by atoms with E-state index >= 15 is 0 Å². The molecule has 0 atom stereocenters. The normalized spacial score (nSPS) is 12.2. The van der Waals surface area contributed by atoms with Gasteiger partial charge in [0.1, 0.15) is 5.56 Å². The number of hydrogen-bond acceptors (Lipinski definition) is 7. The van der Waals surface area contributed by atoms with Crippen LogP contribution in [-0.4, -0.2) is 38.8 Å². The predicted octanol–water partition coefficient (Wildman–Crippen LogP) is 2.37. The minimum atomic E-state index is -0.321. The lowest BCUT2D eigenvalue weighted by Crippen LogP contribution is -2.35.